The molecule has 0 saturated heterocycles. The summed E-state index contributed by atoms with van der Waals surface area (Å²) in [5.74, 6) is 1.56. The van der Waals surface area contributed by atoms with Crippen LogP contribution < -0.4 is 4.74 Å². The maximum atomic E-state index is 12.1. The van der Waals surface area contributed by atoms with Gasteiger partial charge in [0.1, 0.15) is 23.7 Å². The highest BCUT2D eigenvalue weighted by atomic mass is 16.5. The molecule has 0 bridgehead atoms. The van der Waals surface area contributed by atoms with Crippen LogP contribution in [0, 0.1) is 0 Å². The van der Waals surface area contributed by atoms with Gasteiger partial charge in [0.2, 0.25) is 0 Å². The van der Waals surface area contributed by atoms with E-state index in [2.05, 4.69) is 10.1 Å². The van der Waals surface area contributed by atoms with Gasteiger partial charge in [-0.3, -0.25) is 4.79 Å². The standard InChI is InChI=1S/C14H17N3O2/c1-3-17-14(15-10-16-17)9-12(18)8-11-6-4-5-7-13(11)19-2/h4-7,10H,3,8-9H2,1-2H3. The van der Waals surface area contributed by atoms with Crippen molar-refractivity contribution in [1.82, 2.24) is 14.8 Å². The van der Waals surface area contributed by atoms with Crippen molar-refractivity contribution in [3.63, 3.8) is 0 Å². The second-order valence-electron chi connectivity index (χ2n) is 4.20. The highest BCUT2D eigenvalue weighted by Crippen LogP contribution is 2.18. The largest absolute Gasteiger partial charge is 0.496 e. The van der Waals surface area contributed by atoms with Crippen LogP contribution in [0.5, 0.6) is 5.75 Å². The molecule has 0 unspecified atom stereocenters. The summed E-state index contributed by atoms with van der Waals surface area (Å²) < 4.78 is 6.98. The molecule has 0 aliphatic carbocycles. The summed E-state index contributed by atoms with van der Waals surface area (Å²) in [6, 6.07) is 7.55. The van der Waals surface area contributed by atoms with Crippen molar-refractivity contribution in [3.8, 4) is 5.75 Å². The number of ketones is 1. The molecule has 100 valence electrons. The van der Waals surface area contributed by atoms with Crippen LogP contribution in [0.1, 0.15) is 18.3 Å². The molecule has 0 atom stereocenters. The summed E-state index contributed by atoms with van der Waals surface area (Å²) in [5.41, 5.74) is 0.901. The van der Waals surface area contributed by atoms with Gasteiger partial charge in [-0.15, -0.1) is 0 Å². The van der Waals surface area contributed by atoms with E-state index in [0.717, 1.165) is 17.9 Å². The number of hydrogen-bond donors (Lipinski definition) is 0. The predicted octanol–water partition coefficient (Wildman–Crippen LogP) is 1.66. The molecule has 0 aliphatic heterocycles. The zero-order chi connectivity index (χ0) is 13.7. The number of benzene rings is 1. The lowest BCUT2D eigenvalue weighted by Gasteiger charge is -2.07. The highest BCUT2D eigenvalue weighted by molar-refractivity contribution is 5.83. The van der Waals surface area contributed by atoms with Crippen LogP contribution in [0.25, 0.3) is 0 Å². The van der Waals surface area contributed by atoms with Crippen LogP contribution >= 0.6 is 0 Å². The van der Waals surface area contributed by atoms with Gasteiger partial charge in [-0.05, 0) is 13.0 Å². The first-order chi connectivity index (χ1) is 9.24. The van der Waals surface area contributed by atoms with Gasteiger partial charge in [0, 0.05) is 18.5 Å². The van der Waals surface area contributed by atoms with Crippen molar-refractivity contribution < 1.29 is 9.53 Å². The molecule has 1 heterocycles. The molecule has 1 aromatic heterocycles. The van der Waals surface area contributed by atoms with Crippen LogP contribution in [0.3, 0.4) is 0 Å². The fourth-order valence-corrected chi connectivity index (χ4v) is 1.99. The number of carbonyl (C=O) groups is 1. The molecule has 0 N–H and O–H groups in total. The minimum Gasteiger partial charge on any atom is -0.496 e. The molecule has 0 amide bonds. The van der Waals surface area contributed by atoms with E-state index in [-0.39, 0.29) is 5.78 Å². The lowest BCUT2D eigenvalue weighted by molar-refractivity contribution is -0.118. The predicted molar refractivity (Wildman–Crippen MR) is 71.1 cm³/mol. The Bertz CT molecular complexity index is 563. The Morgan fingerprint density at radius 2 is 2.11 bits per heavy atom. The Labute approximate surface area is 112 Å². The maximum absolute atomic E-state index is 12.1. The number of Topliss-reactive ketones (excluding diaryl/α,β-unsaturated/α-hetero) is 1. The molecule has 2 aromatic rings. The molecule has 1 aromatic carbocycles. The third-order valence-electron chi connectivity index (χ3n) is 2.93. The van der Waals surface area contributed by atoms with E-state index in [1.807, 2.05) is 31.2 Å². The minimum absolute atomic E-state index is 0.104. The van der Waals surface area contributed by atoms with E-state index >= 15 is 0 Å². The van der Waals surface area contributed by atoms with Gasteiger partial charge < -0.3 is 4.74 Å². The minimum atomic E-state index is 0.104. The van der Waals surface area contributed by atoms with E-state index in [0.29, 0.717) is 18.7 Å². The van der Waals surface area contributed by atoms with Gasteiger partial charge in [-0.2, -0.15) is 5.10 Å². The number of aromatic nitrogens is 3. The van der Waals surface area contributed by atoms with Crippen LogP contribution in [-0.4, -0.2) is 27.7 Å². The van der Waals surface area contributed by atoms with Gasteiger partial charge in [0.15, 0.2) is 0 Å². The number of hydrogen-bond acceptors (Lipinski definition) is 4. The molecule has 0 radical (unpaired) electrons. The Kier molecular flexibility index (Phi) is 4.28. The molecule has 5 nitrogen and oxygen atoms in total. The van der Waals surface area contributed by atoms with Crippen LogP contribution in [0.15, 0.2) is 30.6 Å². The van der Waals surface area contributed by atoms with E-state index in [4.69, 9.17) is 4.74 Å². The van der Waals surface area contributed by atoms with Crippen molar-refractivity contribution in [1.29, 1.82) is 0 Å². The van der Waals surface area contributed by atoms with Gasteiger partial charge in [-0.1, -0.05) is 18.2 Å². The van der Waals surface area contributed by atoms with Crippen molar-refractivity contribution in [2.45, 2.75) is 26.3 Å². The third-order valence-corrected chi connectivity index (χ3v) is 2.93. The summed E-state index contributed by atoms with van der Waals surface area (Å²) in [4.78, 5) is 16.2. The van der Waals surface area contributed by atoms with Crippen molar-refractivity contribution >= 4 is 5.78 Å². The van der Waals surface area contributed by atoms with Crippen LogP contribution in [0.2, 0.25) is 0 Å². The van der Waals surface area contributed by atoms with Crippen molar-refractivity contribution in [2.24, 2.45) is 0 Å². The Balaban J connectivity index is 2.05. The van der Waals surface area contributed by atoms with Gasteiger partial charge in [-0.25, -0.2) is 9.67 Å². The number of ether oxygens (including phenoxy) is 1. The first-order valence-corrected chi connectivity index (χ1v) is 6.25. The quantitative estimate of drug-likeness (QED) is 0.791. The van der Waals surface area contributed by atoms with E-state index < -0.39 is 0 Å². The number of aryl methyl sites for hydroxylation is 1. The fraction of sp³-hybridized carbons (Fsp3) is 0.357. The molecule has 0 aliphatic rings. The normalized spacial score (nSPS) is 10.4. The summed E-state index contributed by atoms with van der Waals surface area (Å²) in [7, 11) is 1.61. The highest BCUT2D eigenvalue weighted by Gasteiger charge is 2.12. The van der Waals surface area contributed by atoms with Gasteiger partial charge in [0.05, 0.1) is 13.5 Å². The van der Waals surface area contributed by atoms with Crippen LogP contribution in [-0.2, 0) is 24.2 Å². The molecule has 2 rings (SSSR count). The lowest BCUT2D eigenvalue weighted by atomic mass is 10.1. The zero-order valence-corrected chi connectivity index (χ0v) is 11.2. The molecule has 5 heteroatoms. The Morgan fingerprint density at radius 1 is 1.32 bits per heavy atom. The molecular weight excluding hydrogens is 242 g/mol. The third kappa shape index (κ3) is 3.19. The Hall–Kier alpha value is -2.17. The smallest absolute Gasteiger partial charge is 0.144 e. The van der Waals surface area contributed by atoms with E-state index in [9.17, 15) is 4.79 Å². The van der Waals surface area contributed by atoms with Crippen LogP contribution in [0.4, 0.5) is 0 Å². The molecule has 19 heavy (non-hydrogen) atoms. The molecule has 0 spiro atoms. The molecular formula is C14H17N3O2. The SMILES string of the molecule is CCn1ncnc1CC(=O)Cc1ccccc1OC. The number of carbonyl (C=O) groups excluding carboxylic acids is 1. The average molecular weight is 259 g/mol. The van der Waals surface area contributed by atoms with E-state index in [1.54, 1.807) is 11.8 Å². The first-order valence-electron chi connectivity index (χ1n) is 6.25. The number of para-hydroxylation sites is 1. The zero-order valence-electron chi connectivity index (χ0n) is 11.2. The lowest BCUT2D eigenvalue weighted by Crippen LogP contribution is -2.12. The number of nitrogens with zero attached hydrogens (tertiary/aromatic N) is 3. The molecule has 0 fully saturated rings. The summed E-state index contributed by atoms with van der Waals surface area (Å²) in [6.45, 7) is 2.69. The second kappa shape index (κ2) is 6.13. The average Bonchev–Trinajstić information content (AvgIpc) is 2.86. The van der Waals surface area contributed by atoms with Gasteiger partial charge >= 0.3 is 0 Å². The second-order valence-corrected chi connectivity index (χ2v) is 4.20. The summed E-state index contributed by atoms with van der Waals surface area (Å²) in [6.07, 6.45) is 2.13. The van der Waals surface area contributed by atoms with Gasteiger partial charge in [0.25, 0.3) is 0 Å². The summed E-state index contributed by atoms with van der Waals surface area (Å²) in [5, 5.41) is 4.06. The number of methoxy groups -OCH3 is 1. The van der Waals surface area contributed by atoms with Crippen molar-refractivity contribution in [3.05, 3.63) is 42.0 Å². The molecule has 0 saturated carbocycles. The number of rotatable bonds is 6. The first kappa shape index (κ1) is 13.3. The topological polar surface area (TPSA) is 57.0 Å². The van der Waals surface area contributed by atoms with Crippen molar-refractivity contribution in [2.75, 3.05) is 7.11 Å². The Morgan fingerprint density at radius 3 is 2.84 bits per heavy atom. The monoisotopic (exact) mass is 259 g/mol. The van der Waals surface area contributed by atoms with E-state index in [1.165, 1.54) is 6.33 Å². The fourth-order valence-electron chi connectivity index (χ4n) is 1.99. The maximum Gasteiger partial charge on any atom is 0.144 e. The summed E-state index contributed by atoms with van der Waals surface area (Å²) >= 11 is 0.